The van der Waals surface area contributed by atoms with Gasteiger partial charge in [0.05, 0.1) is 18.0 Å². The summed E-state index contributed by atoms with van der Waals surface area (Å²) in [7, 11) is 0. The Morgan fingerprint density at radius 3 is 2.55 bits per heavy atom. The molecule has 1 saturated carbocycles. The molecule has 4 rings (SSSR count). The Hall–Kier alpha value is -2.83. The van der Waals surface area contributed by atoms with Crippen LogP contribution in [0.25, 0.3) is 5.69 Å². The summed E-state index contributed by atoms with van der Waals surface area (Å²) in [5.74, 6) is 0.377. The van der Waals surface area contributed by atoms with Crippen LogP contribution in [0.15, 0.2) is 41.3 Å². The highest BCUT2D eigenvalue weighted by molar-refractivity contribution is 5.58. The van der Waals surface area contributed by atoms with Crippen LogP contribution >= 0.6 is 0 Å². The number of aromatic nitrogens is 2. The fraction of sp³-hybridized carbons (Fsp3) is 0.500. The normalized spacial score (nSPS) is 20.5. The lowest BCUT2D eigenvalue weighted by Crippen LogP contribution is -2.51. The van der Waals surface area contributed by atoms with Crippen molar-refractivity contribution in [1.29, 1.82) is 0 Å². The van der Waals surface area contributed by atoms with Gasteiger partial charge in [-0.3, -0.25) is 9.59 Å². The van der Waals surface area contributed by atoms with Crippen molar-refractivity contribution in [2.24, 2.45) is 0 Å². The number of nitrogens with zero attached hydrogens (tertiary/aromatic N) is 4. The maximum atomic E-state index is 13.4. The summed E-state index contributed by atoms with van der Waals surface area (Å²) in [6.07, 6.45) is 8.13. The van der Waals surface area contributed by atoms with Crippen molar-refractivity contribution in [2.45, 2.75) is 51.2 Å². The first kappa shape index (κ1) is 19.5. The Labute approximate surface area is 170 Å². The van der Waals surface area contributed by atoms with E-state index < -0.39 is 0 Å². The van der Waals surface area contributed by atoms with Crippen LogP contribution in [-0.4, -0.2) is 52.9 Å². The Bertz CT molecular complexity index is 893. The van der Waals surface area contributed by atoms with E-state index in [0.29, 0.717) is 25.4 Å². The molecule has 0 bridgehead atoms. The molecule has 29 heavy (non-hydrogen) atoms. The van der Waals surface area contributed by atoms with Gasteiger partial charge in [-0.2, -0.15) is 9.78 Å². The molecule has 1 aromatic carbocycles. The zero-order valence-corrected chi connectivity index (χ0v) is 16.9. The van der Waals surface area contributed by atoms with Gasteiger partial charge in [-0.15, -0.1) is 0 Å². The van der Waals surface area contributed by atoms with Crippen molar-refractivity contribution in [3.8, 4) is 11.4 Å². The number of anilines is 1. The topological polar surface area (TPSA) is 67.7 Å². The van der Waals surface area contributed by atoms with Gasteiger partial charge in [0.2, 0.25) is 12.2 Å². The first-order valence-corrected chi connectivity index (χ1v) is 10.5. The first-order valence-electron chi connectivity index (χ1n) is 10.5. The molecular formula is C22H28N4O3. The molecule has 1 aromatic heterocycles. The Balaban J connectivity index is 1.71. The van der Waals surface area contributed by atoms with Crippen LogP contribution in [0.4, 0.5) is 5.69 Å². The monoisotopic (exact) mass is 396 g/mol. The summed E-state index contributed by atoms with van der Waals surface area (Å²) < 4.78 is 7.73. The summed E-state index contributed by atoms with van der Waals surface area (Å²) in [6, 6.07) is 9.49. The molecule has 2 heterocycles. The van der Waals surface area contributed by atoms with E-state index in [2.05, 4.69) is 10.00 Å². The molecule has 0 unspecified atom stereocenters. The lowest BCUT2D eigenvalue weighted by molar-refractivity contribution is -0.120. The average molecular weight is 396 g/mol. The highest BCUT2D eigenvalue weighted by Gasteiger charge is 2.28. The molecule has 0 radical (unpaired) electrons. The summed E-state index contributed by atoms with van der Waals surface area (Å²) >= 11 is 0. The second-order valence-electron chi connectivity index (χ2n) is 7.93. The van der Waals surface area contributed by atoms with Crippen molar-refractivity contribution in [3.63, 3.8) is 0 Å². The molecule has 2 aliphatic rings. The Morgan fingerprint density at radius 2 is 1.86 bits per heavy atom. The van der Waals surface area contributed by atoms with E-state index >= 15 is 0 Å². The summed E-state index contributed by atoms with van der Waals surface area (Å²) in [5, 5.41) is 4.44. The molecule has 7 heteroatoms. The Morgan fingerprint density at radius 1 is 1.10 bits per heavy atom. The van der Waals surface area contributed by atoms with E-state index in [1.807, 2.05) is 37.3 Å². The minimum absolute atomic E-state index is 0.0653. The van der Waals surface area contributed by atoms with Gasteiger partial charge in [-0.05, 0) is 44.7 Å². The molecule has 0 N–H and O–H groups in total. The molecule has 154 valence electrons. The van der Waals surface area contributed by atoms with Crippen molar-refractivity contribution < 1.29 is 9.53 Å². The van der Waals surface area contributed by atoms with Gasteiger partial charge in [0.15, 0.2) is 0 Å². The molecule has 2 fully saturated rings. The van der Waals surface area contributed by atoms with Gasteiger partial charge in [0.1, 0.15) is 5.69 Å². The smallest absolute Gasteiger partial charge is 0.316 e. The molecule has 1 saturated heterocycles. The first-order chi connectivity index (χ1) is 14.2. The van der Waals surface area contributed by atoms with Gasteiger partial charge in [-0.1, -0.05) is 24.6 Å². The van der Waals surface area contributed by atoms with Gasteiger partial charge in [0.25, 0.3) is 0 Å². The van der Waals surface area contributed by atoms with E-state index in [1.54, 1.807) is 11.1 Å². The van der Waals surface area contributed by atoms with Crippen LogP contribution in [-0.2, 0) is 4.79 Å². The highest BCUT2D eigenvalue weighted by Crippen LogP contribution is 2.30. The maximum Gasteiger partial charge on any atom is 0.316 e. The van der Waals surface area contributed by atoms with Crippen LogP contribution in [0, 0.1) is 0 Å². The number of hydrogen-bond acceptors (Lipinski definition) is 5. The van der Waals surface area contributed by atoms with E-state index in [9.17, 15) is 9.59 Å². The third-order valence-corrected chi connectivity index (χ3v) is 5.91. The zero-order chi connectivity index (χ0) is 20.2. The van der Waals surface area contributed by atoms with Crippen LogP contribution in [0.1, 0.15) is 39.0 Å². The predicted molar refractivity (Wildman–Crippen MR) is 112 cm³/mol. The van der Waals surface area contributed by atoms with Gasteiger partial charge in [-0.25, -0.2) is 0 Å². The third-order valence-electron chi connectivity index (χ3n) is 5.91. The molecule has 2 aromatic rings. The third kappa shape index (κ3) is 4.13. The lowest BCUT2D eigenvalue weighted by atomic mass is 9.98. The van der Waals surface area contributed by atoms with Crippen LogP contribution < -0.4 is 15.2 Å². The molecule has 1 amide bonds. The molecule has 1 aliphatic heterocycles. The molecular weight excluding hydrogens is 368 g/mol. The average Bonchev–Trinajstić information content (AvgIpc) is 2.76. The van der Waals surface area contributed by atoms with Gasteiger partial charge >= 0.3 is 5.56 Å². The lowest BCUT2D eigenvalue weighted by Gasteiger charge is -2.39. The fourth-order valence-electron chi connectivity index (χ4n) is 4.22. The summed E-state index contributed by atoms with van der Waals surface area (Å²) in [6.45, 7) is 3.94. The highest BCUT2D eigenvalue weighted by atomic mass is 16.5. The van der Waals surface area contributed by atoms with Crippen molar-refractivity contribution >= 4 is 12.1 Å². The van der Waals surface area contributed by atoms with Crippen molar-refractivity contribution in [3.05, 3.63) is 46.9 Å². The molecule has 1 atom stereocenters. The number of carbonyl (C=O) groups is 1. The van der Waals surface area contributed by atoms with E-state index in [0.717, 1.165) is 43.5 Å². The largest absolute Gasteiger partial charge is 0.483 e. The number of carbonyl (C=O) groups excluding carboxylic acids is 1. The van der Waals surface area contributed by atoms with E-state index in [4.69, 9.17) is 4.74 Å². The zero-order valence-electron chi connectivity index (χ0n) is 16.9. The van der Waals surface area contributed by atoms with Crippen molar-refractivity contribution in [1.82, 2.24) is 14.7 Å². The number of piperazine rings is 1. The van der Waals surface area contributed by atoms with Crippen LogP contribution in [0.3, 0.4) is 0 Å². The van der Waals surface area contributed by atoms with Crippen molar-refractivity contribution in [2.75, 3.05) is 24.5 Å². The fourth-order valence-corrected chi connectivity index (χ4v) is 4.22. The quantitative estimate of drug-likeness (QED) is 0.727. The number of rotatable bonds is 5. The predicted octanol–water partition coefficient (Wildman–Crippen LogP) is 2.61. The number of amides is 1. The standard InChI is InChI=1S/C22H28N4O3/c1-17-15-24(12-13-25(17)16-27)20-14-23-26(18-8-4-2-5-9-18)22(28)21(20)29-19-10-6-3-7-11-19/h2,4-5,8-9,14,16-17,19H,3,6-7,10-13,15H2,1H3/t17-/m1/s1. The van der Waals surface area contributed by atoms with Crippen LogP contribution in [0.5, 0.6) is 5.75 Å². The molecule has 7 nitrogen and oxygen atoms in total. The minimum atomic E-state index is -0.232. The second-order valence-corrected chi connectivity index (χ2v) is 7.93. The Kier molecular flexibility index (Phi) is 5.83. The minimum Gasteiger partial charge on any atom is -0.483 e. The summed E-state index contributed by atoms with van der Waals surface area (Å²) in [5.41, 5.74) is 1.21. The van der Waals surface area contributed by atoms with E-state index in [-0.39, 0.29) is 17.7 Å². The van der Waals surface area contributed by atoms with E-state index in [1.165, 1.54) is 11.1 Å². The number of ether oxygens (including phenoxy) is 1. The van der Waals surface area contributed by atoms with Gasteiger partial charge in [0, 0.05) is 25.7 Å². The maximum absolute atomic E-state index is 13.4. The molecule has 1 aliphatic carbocycles. The molecule has 0 spiro atoms. The second kappa shape index (κ2) is 8.68. The number of hydrogen-bond donors (Lipinski definition) is 0. The SMILES string of the molecule is C[C@@H]1CN(c2cnn(-c3ccccc3)c(=O)c2OC2CCCCC2)CCN1C=O. The number of benzene rings is 1. The summed E-state index contributed by atoms with van der Waals surface area (Å²) in [4.78, 5) is 28.5. The van der Waals surface area contributed by atoms with Crippen LogP contribution in [0.2, 0.25) is 0 Å². The number of para-hydroxylation sites is 1. The van der Waals surface area contributed by atoms with Gasteiger partial charge < -0.3 is 14.5 Å².